The molecule has 0 aromatic heterocycles. The molecule has 0 radical (unpaired) electrons. The van der Waals surface area contributed by atoms with Gasteiger partial charge in [0.15, 0.2) is 0 Å². The van der Waals surface area contributed by atoms with E-state index in [4.69, 9.17) is 29.5 Å². The second kappa shape index (κ2) is 14.8. The van der Waals surface area contributed by atoms with Crippen LogP contribution < -0.4 is 0 Å². The molecular formula is C12H28O6. The van der Waals surface area contributed by atoms with E-state index < -0.39 is 0 Å². The van der Waals surface area contributed by atoms with Gasteiger partial charge in [-0.2, -0.15) is 0 Å². The minimum Gasteiger partial charge on any atom is -0.394 e. The summed E-state index contributed by atoms with van der Waals surface area (Å²) in [5.74, 6) is 0. The summed E-state index contributed by atoms with van der Waals surface area (Å²) < 4.78 is 15.8. The lowest BCUT2D eigenvalue weighted by Gasteiger charge is -2.18. The monoisotopic (exact) mass is 268 g/mol. The highest BCUT2D eigenvalue weighted by atomic mass is 16.6. The van der Waals surface area contributed by atoms with Gasteiger partial charge in [-0.25, -0.2) is 0 Å². The van der Waals surface area contributed by atoms with Crippen molar-refractivity contribution in [3.63, 3.8) is 0 Å². The van der Waals surface area contributed by atoms with Gasteiger partial charge in [-0.05, 0) is 20.8 Å². The molecule has 3 unspecified atom stereocenters. The lowest BCUT2D eigenvalue weighted by atomic mass is 10.4. The molecule has 3 N–H and O–H groups in total. The Morgan fingerprint density at radius 2 is 1.22 bits per heavy atom. The fourth-order valence-corrected chi connectivity index (χ4v) is 0.768. The molecule has 0 aromatic carbocycles. The standard InChI is InChI=1S/C10H22O4.C2H6O2/c1-8(5-11)13-7-10(3)14-6-9(2)12-4;3-1-2-4/h8-11H,5-7H2,1-4H3;3-4H,1-2H2. The Bertz CT molecular complexity index is 140. The van der Waals surface area contributed by atoms with Crippen LogP contribution in [0.4, 0.5) is 0 Å². The highest BCUT2D eigenvalue weighted by Gasteiger charge is 2.07. The summed E-state index contributed by atoms with van der Waals surface area (Å²) in [5, 5.41) is 24.0. The molecule has 0 amide bonds. The van der Waals surface area contributed by atoms with Crippen LogP contribution >= 0.6 is 0 Å². The molecule has 0 heterocycles. The van der Waals surface area contributed by atoms with Gasteiger partial charge in [-0.15, -0.1) is 0 Å². The van der Waals surface area contributed by atoms with Crippen LogP contribution in [0.25, 0.3) is 0 Å². The highest BCUT2D eigenvalue weighted by molar-refractivity contribution is 4.53. The van der Waals surface area contributed by atoms with Gasteiger partial charge >= 0.3 is 0 Å². The van der Waals surface area contributed by atoms with E-state index in [9.17, 15) is 0 Å². The van der Waals surface area contributed by atoms with Crippen molar-refractivity contribution < 1.29 is 29.5 Å². The van der Waals surface area contributed by atoms with E-state index in [1.807, 2.05) is 20.8 Å². The minimum absolute atomic E-state index is 0.0293. The third-order valence-corrected chi connectivity index (χ3v) is 1.99. The summed E-state index contributed by atoms with van der Waals surface area (Å²) in [7, 11) is 1.66. The molecule has 112 valence electrons. The second-order valence-corrected chi connectivity index (χ2v) is 3.96. The van der Waals surface area contributed by atoms with Crippen LogP contribution in [0.3, 0.4) is 0 Å². The largest absolute Gasteiger partial charge is 0.394 e. The zero-order chi connectivity index (χ0) is 14.4. The molecule has 0 aromatic rings. The number of aliphatic hydroxyl groups excluding tert-OH is 3. The third-order valence-electron chi connectivity index (χ3n) is 1.99. The molecule has 6 heteroatoms. The van der Waals surface area contributed by atoms with Gasteiger partial charge < -0.3 is 29.5 Å². The second-order valence-electron chi connectivity index (χ2n) is 3.96. The maximum absolute atomic E-state index is 8.72. The number of hydrogen-bond donors (Lipinski definition) is 3. The smallest absolute Gasteiger partial charge is 0.0781 e. The predicted octanol–water partition coefficient (Wildman–Crippen LogP) is -0.205. The van der Waals surface area contributed by atoms with Crippen LogP contribution in [-0.4, -0.2) is 73.8 Å². The van der Waals surface area contributed by atoms with Crippen molar-refractivity contribution in [3.05, 3.63) is 0 Å². The van der Waals surface area contributed by atoms with E-state index >= 15 is 0 Å². The van der Waals surface area contributed by atoms with Gasteiger partial charge in [0.05, 0.1) is 51.3 Å². The molecule has 0 aliphatic heterocycles. The maximum atomic E-state index is 8.72. The summed E-state index contributed by atoms with van der Waals surface area (Å²) in [6.45, 7) is 6.56. The maximum Gasteiger partial charge on any atom is 0.0781 e. The Labute approximate surface area is 109 Å². The average molecular weight is 268 g/mol. The highest BCUT2D eigenvalue weighted by Crippen LogP contribution is 1.98. The summed E-state index contributed by atoms with van der Waals surface area (Å²) in [4.78, 5) is 0. The predicted molar refractivity (Wildman–Crippen MR) is 68.6 cm³/mol. The lowest BCUT2D eigenvalue weighted by molar-refractivity contribution is -0.0677. The van der Waals surface area contributed by atoms with Gasteiger partial charge in [0, 0.05) is 7.11 Å². The molecule has 0 spiro atoms. The molecule has 18 heavy (non-hydrogen) atoms. The van der Waals surface area contributed by atoms with Crippen LogP contribution in [0, 0.1) is 0 Å². The summed E-state index contributed by atoms with van der Waals surface area (Å²) in [5.41, 5.74) is 0. The number of ether oxygens (including phenoxy) is 3. The van der Waals surface area contributed by atoms with Crippen molar-refractivity contribution in [3.8, 4) is 0 Å². The zero-order valence-corrected chi connectivity index (χ0v) is 11.8. The SMILES string of the molecule is COC(C)COC(C)COC(C)CO.OCCO. The quantitative estimate of drug-likeness (QED) is 0.536. The molecule has 0 rings (SSSR count). The topological polar surface area (TPSA) is 88.4 Å². The Morgan fingerprint density at radius 3 is 1.61 bits per heavy atom. The zero-order valence-electron chi connectivity index (χ0n) is 11.8. The first-order valence-electron chi connectivity index (χ1n) is 6.10. The first-order chi connectivity index (χ1) is 8.51. The fourth-order valence-electron chi connectivity index (χ4n) is 0.768. The third kappa shape index (κ3) is 15.8. The molecule has 6 nitrogen and oxygen atoms in total. The van der Waals surface area contributed by atoms with Crippen molar-refractivity contribution >= 4 is 0 Å². The molecule has 0 fully saturated rings. The molecule has 0 bridgehead atoms. The number of aliphatic hydroxyl groups is 3. The van der Waals surface area contributed by atoms with Gasteiger partial charge in [-0.3, -0.25) is 0 Å². The van der Waals surface area contributed by atoms with Crippen molar-refractivity contribution in [2.45, 2.75) is 39.1 Å². The van der Waals surface area contributed by atoms with E-state index in [-0.39, 0.29) is 38.1 Å². The minimum atomic E-state index is -0.125. The lowest BCUT2D eigenvalue weighted by Crippen LogP contribution is -2.25. The van der Waals surface area contributed by atoms with Gasteiger partial charge in [0.25, 0.3) is 0 Å². The van der Waals surface area contributed by atoms with E-state index in [0.29, 0.717) is 13.2 Å². The normalized spacial score (nSPS) is 15.5. The number of rotatable bonds is 9. The van der Waals surface area contributed by atoms with Crippen molar-refractivity contribution in [1.29, 1.82) is 0 Å². The molecule has 0 aliphatic carbocycles. The first-order valence-corrected chi connectivity index (χ1v) is 6.10. The molecule has 0 saturated heterocycles. The van der Waals surface area contributed by atoms with E-state index in [1.54, 1.807) is 7.11 Å². The van der Waals surface area contributed by atoms with Crippen LogP contribution in [0.15, 0.2) is 0 Å². The Kier molecular flexibility index (Phi) is 16.5. The summed E-state index contributed by atoms with van der Waals surface area (Å²) in [6.07, 6.45) is 0.00946. The van der Waals surface area contributed by atoms with Gasteiger partial charge in [0.2, 0.25) is 0 Å². The van der Waals surface area contributed by atoms with Crippen molar-refractivity contribution in [2.24, 2.45) is 0 Å². The summed E-state index contributed by atoms with van der Waals surface area (Å²) in [6, 6.07) is 0. The Hall–Kier alpha value is -0.240. The average Bonchev–Trinajstić information content (AvgIpc) is 2.41. The first kappa shape index (κ1) is 20.1. The van der Waals surface area contributed by atoms with E-state index in [1.165, 1.54) is 0 Å². The molecule has 0 aliphatic rings. The van der Waals surface area contributed by atoms with Crippen LogP contribution in [0.5, 0.6) is 0 Å². The Morgan fingerprint density at radius 1 is 0.778 bits per heavy atom. The number of hydrogen-bond acceptors (Lipinski definition) is 6. The molecule has 3 atom stereocenters. The molecular weight excluding hydrogens is 240 g/mol. The van der Waals surface area contributed by atoms with Crippen molar-refractivity contribution in [2.75, 3.05) is 40.1 Å². The van der Waals surface area contributed by atoms with E-state index in [0.717, 1.165) is 0 Å². The number of methoxy groups -OCH3 is 1. The van der Waals surface area contributed by atoms with Crippen LogP contribution in [0.2, 0.25) is 0 Å². The van der Waals surface area contributed by atoms with E-state index in [2.05, 4.69) is 0 Å². The fraction of sp³-hybridized carbons (Fsp3) is 1.00. The van der Waals surface area contributed by atoms with Crippen LogP contribution in [-0.2, 0) is 14.2 Å². The van der Waals surface area contributed by atoms with Gasteiger partial charge in [-0.1, -0.05) is 0 Å². The van der Waals surface area contributed by atoms with Gasteiger partial charge in [0.1, 0.15) is 0 Å². The van der Waals surface area contributed by atoms with Crippen LogP contribution in [0.1, 0.15) is 20.8 Å². The Balaban J connectivity index is 0. The molecule has 0 saturated carbocycles. The van der Waals surface area contributed by atoms with Crippen molar-refractivity contribution in [1.82, 2.24) is 0 Å². The summed E-state index contributed by atoms with van der Waals surface area (Å²) >= 11 is 0.